The van der Waals surface area contributed by atoms with Gasteiger partial charge in [0.25, 0.3) is 0 Å². The number of hydrogen-bond donors (Lipinski definition) is 12. The second-order valence-electron chi connectivity index (χ2n) is 34.3. The Morgan fingerprint density at radius 2 is 1.17 bits per heavy atom. The molecule has 0 radical (unpaired) electrons. The number of nitrogens with one attached hydrogen (secondary N) is 5. The van der Waals surface area contributed by atoms with Crippen LogP contribution in [0.1, 0.15) is 137 Å². The molecule has 6 fully saturated rings. The molecule has 0 aromatic heterocycles. The molecule has 564 valence electrons. The van der Waals surface area contributed by atoms with Crippen molar-refractivity contribution in [3.8, 4) is 0 Å². The largest absolute Gasteiger partial charge is 0.450 e. The summed E-state index contributed by atoms with van der Waals surface area (Å²) in [6.45, 7) is 30.5. The van der Waals surface area contributed by atoms with Crippen LogP contribution in [0.2, 0.25) is 77.1 Å². The molecule has 2 saturated heterocycles. The molecule has 0 unspecified atom stereocenters. The highest BCUT2D eigenvalue weighted by atomic mass is 28.3. The summed E-state index contributed by atoms with van der Waals surface area (Å²) in [5.41, 5.74) is 2.03. The van der Waals surface area contributed by atoms with E-state index in [1.54, 1.807) is 0 Å². The van der Waals surface area contributed by atoms with Gasteiger partial charge in [-0.25, -0.2) is 19.2 Å². The molecular weight excluding hydrogens is 1320 g/mol. The Bertz CT molecular complexity index is 2610. The number of aliphatic hydroxyl groups excluding tert-OH is 7. The lowest BCUT2D eigenvalue weighted by molar-refractivity contribution is -0.334. The summed E-state index contributed by atoms with van der Waals surface area (Å²) in [6.07, 6.45) is -7.73. The van der Waals surface area contributed by atoms with E-state index in [1.807, 2.05) is 0 Å². The van der Waals surface area contributed by atoms with E-state index >= 15 is 0 Å². The lowest BCUT2D eigenvalue weighted by Crippen LogP contribution is -2.70. The van der Waals surface area contributed by atoms with E-state index in [2.05, 4.69) is 126 Å². The molecule has 0 bridgehead atoms. The second-order valence-corrected chi connectivity index (χ2v) is 51.1. The molecular formula is C70H127N5O20Si3. The van der Waals surface area contributed by atoms with Crippen molar-refractivity contribution in [3.63, 3.8) is 0 Å². The number of carbonyl (C=O) groups is 5. The van der Waals surface area contributed by atoms with Gasteiger partial charge in [-0.15, -0.1) is 0 Å². The van der Waals surface area contributed by atoms with Crippen LogP contribution >= 0.6 is 0 Å². The zero-order valence-electron chi connectivity index (χ0n) is 61.4. The van der Waals surface area contributed by atoms with Gasteiger partial charge in [-0.05, 0) is 129 Å². The summed E-state index contributed by atoms with van der Waals surface area (Å²) >= 11 is 0. The van der Waals surface area contributed by atoms with E-state index in [1.165, 1.54) is 50.5 Å². The molecule has 2 heterocycles. The zero-order valence-corrected chi connectivity index (χ0v) is 64.4. The van der Waals surface area contributed by atoms with Gasteiger partial charge in [0.1, 0.15) is 67.1 Å². The maximum absolute atomic E-state index is 13.7. The van der Waals surface area contributed by atoms with Crippen LogP contribution in [0.15, 0.2) is 11.6 Å². The van der Waals surface area contributed by atoms with E-state index in [9.17, 15) is 59.7 Å². The Morgan fingerprint density at radius 3 is 1.74 bits per heavy atom. The maximum Gasteiger partial charge on any atom is 0.407 e. The predicted octanol–water partition coefficient (Wildman–Crippen LogP) is 7.88. The number of ether oxygens (including phenoxy) is 8. The molecule has 0 aromatic carbocycles. The number of aliphatic hydroxyl groups is 7. The fraction of sp³-hybridized carbons (Fsp3) is 0.900. The molecule has 7 aliphatic rings. The van der Waals surface area contributed by atoms with Gasteiger partial charge in [0, 0.05) is 50.2 Å². The smallest absolute Gasteiger partial charge is 0.407 e. The maximum atomic E-state index is 13.7. The first-order valence-corrected chi connectivity index (χ1v) is 48.1. The van der Waals surface area contributed by atoms with E-state index in [4.69, 9.17) is 37.9 Å². The summed E-state index contributed by atoms with van der Waals surface area (Å²) < 4.78 is 47.2. The molecule has 25 nitrogen and oxygen atoms in total. The van der Waals surface area contributed by atoms with Gasteiger partial charge in [-0.2, -0.15) is 0 Å². The van der Waals surface area contributed by atoms with Gasteiger partial charge in [0.15, 0.2) is 12.6 Å². The number of unbranched alkanes of at least 4 members (excludes halogenated alkanes) is 2. The highest BCUT2D eigenvalue weighted by Crippen LogP contribution is 2.67. The third-order valence-corrected chi connectivity index (χ3v) is 27.8. The van der Waals surface area contributed by atoms with Gasteiger partial charge in [0.05, 0.1) is 44.6 Å². The minimum Gasteiger partial charge on any atom is -0.450 e. The molecule has 0 spiro atoms. The van der Waals surface area contributed by atoms with Crippen molar-refractivity contribution in [2.45, 2.75) is 312 Å². The monoisotopic (exact) mass is 1440 g/mol. The van der Waals surface area contributed by atoms with Crippen LogP contribution in [0.3, 0.4) is 0 Å². The van der Waals surface area contributed by atoms with Crippen LogP contribution in [0.4, 0.5) is 19.2 Å². The van der Waals surface area contributed by atoms with E-state index in [0.29, 0.717) is 55.3 Å². The number of hydrogen-bond acceptors (Lipinski definition) is 20. The average Bonchev–Trinajstić information content (AvgIpc) is 1.46. The molecule has 7 rings (SSSR count). The Morgan fingerprint density at radius 1 is 0.602 bits per heavy atom. The third kappa shape index (κ3) is 22.5. The summed E-state index contributed by atoms with van der Waals surface area (Å²) in [7, 11) is -5.06. The first-order valence-electron chi connectivity index (χ1n) is 36.9. The summed E-state index contributed by atoms with van der Waals surface area (Å²) in [6, 6.07) is -2.37. The highest BCUT2D eigenvalue weighted by Gasteiger charge is 2.60. The van der Waals surface area contributed by atoms with Crippen LogP contribution in [0.25, 0.3) is 0 Å². The first-order chi connectivity index (χ1) is 45.9. The van der Waals surface area contributed by atoms with Crippen molar-refractivity contribution in [1.82, 2.24) is 26.6 Å². The SMILES string of the molecule is CC(C)CCC[C@@H](C)[C@H]1CC[C@H]2[C@@H]3CC=C4C[C@@H](OC(=O)NCCCCCC(=O)NC[C@H]5O[C@H](O[C@H]6[C@H](O)[C@@H](O[C@H]7O[C@H](CO)[C@@H](O)[C@H](NC(=O)OCC[Si](C)(C)C)[C@H]7O)[C@H](NC(=O)OCC[Si](C)(C)C)C[C@@H]6NC(=O)OCC[Si](C)(C)C)[C@H](O)[C@@H](O)[C@@H]5O)CC[C@]4(C)[C@H]3CC[C@]12C. The topological polar surface area (TPSA) is 361 Å². The van der Waals surface area contributed by atoms with Gasteiger partial charge in [-0.1, -0.05) is 131 Å². The fourth-order valence-corrected chi connectivity index (χ4v) is 18.8. The van der Waals surface area contributed by atoms with Crippen molar-refractivity contribution in [1.29, 1.82) is 0 Å². The summed E-state index contributed by atoms with van der Waals surface area (Å²) in [5, 5.41) is 93.4. The first kappa shape index (κ1) is 81.8. The van der Waals surface area contributed by atoms with Crippen LogP contribution < -0.4 is 26.6 Å². The van der Waals surface area contributed by atoms with Gasteiger partial charge in [-0.3, -0.25) is 4.79 Å². The fourth-order valence-electron chi connectivity index (χ4n) is 16.7. The number of rotatable bonds is 31. The molecule has 28 heteroatoms. The number of carbonyl (C=O) groups excluding carboxylic acids is 5. The zero-order chi connectivity index (χ0) is 72.2. The van der Waals surface area contributed by atoms with Crippen molar-refractivity contribution < 1.29 is 97.6 Å². The minimum atomic E-state index is -1.99. The van der Waals surface area contributed by atoms with Crippen LogP contribution in [0.5, 0.6) is 0 Å². The Balaban J connectivity index is 0.936. The van der Waals surface area contributed by atoms with E-state index in [-0.39, 0.29) is 50.7 Å². The molecule has 4 saturated carbocycles. The van der Waals surface area contributed by atoms with Gasteiger partial charge < -0.3 is 100 Å². The average molecular weight is 1440 g/mol. The number of allylic oxidation sites excluding steroid dienone is 1. The summed E-state index contributed by atoms with van der Waals surface area (Å²) in [5.74, 6) is 4.11. The molecule has 0 aromatic rings. The van der Waals surface area contributed by atoms with Crippen LogP contribution in [0, 0.1) is 46.3 Å². The molecule has 5 aliphatic carbocycles. The van der Waals surface area contributed by atoms with Crippen LogP contribution in [-0.2, 0) is 42.7 Å². The Labute approximate surface area is 585 Å². The molecule has 5 amide bonds. The van der Waals surface area contributed by atoms with E-state index in [0.717, 1.165) is 55.3 Å². The molecule has 2 aliphatic heterocycles. The number of alkyl carbamates (subject to hydrolysis) is 4. The lowest BCUT2D eigenvalue weighted by atomic mass is 9.47. The van der Waals surface area contributed by atoms with Crippen molar-refractivity contribution in [2.75, 3.05) is 39.5 Å². The normalized spacial score (nSPS) is 36.1. The molecule has 23 atom stereocenters. The standard InChI is InChI=1S/C70H127N5O20Si3/c1-41(2)19-18-20-42(3)46-24-25-47-45-23-22-43-37-44(26-28-69(43,4)48(45)27-29-70(46,47)5)91-65(84)71-30-17-15-16-21-53(77)72-39-51-56(79)58(81)59(82)64(92-51)95-62-50(74-67(86)89-32-35-97(9,10)11)38-49(73-66(85)88-31-34-96(6,7)8)61(60(62)83)94-63-57(80)54(55(78)52(40-76)93-63)75-68(87)90-33-36-98(12,13)14/h22,41-42,44-52,54-64,76,78-83H,15-21,23-40H2,1-14H3,(H,71,84)(H,72,77)(H,73,85)(H,74,86)(H,75,87)/t42-,44+,45+,46-,47+,48+,49-,50+,51-,52-,54+,55-,56-,57-,58+,59-,60-,61+,62-,63-,64-,69+,70-/m1/s1. The number of fused-ring (bicyclic) bond motifs is 5. The highest BCUT2D eigenvalue weighted by molar-refractivity contribution is 6.76. The quantitative estimate of drug-likeness (QED) is 0.0136. The lowest BCUT2D eigenvalue weighted by Gasteiger charge is -2.58. The van der Waals surface area contributed by atoms with Crippen LogP contribution in [-0.4, -0.2) is 228 Å². The summed E-state index contributed by atoms with van der Waals surface area (Å²) in [4.78, 5) is 66.8. The molecule has 12 N–H and O–H groups in total. The second kappa shape index (κ2) is 35.8. The van der Waals surface area contributed by atoms with E-state index < -0.39 is 153 Å². The van der Waals surface area contributed by atoms with Crippen molar-refractivity contribution in [2.24, 2.45) is 46.3 Å². The predicted molar refractivity (Wildman–Crippen MR) is 377 cm³/mol. The Kier molecular flexibility index (Phi) is 29.9. The minimum absolute atomic E-state index is 0.0448. The molecule has 98 heavy (non-hydrogen) atoms. The Hall–Kier alpha value is -3.50. The third-order valence-electron chi connectivity index (χ3n) is 22.6. The van der Waals surface area contributed by atoms with Crippen molar-refractivity contribution >= 4 is 54.5 Å². The van der Waals surface area contributed by atoms with Gasteiger partial charge >= 0.3 is 24.4 Å². The van der Waals surface area contributed by atoms with Gasteiger partial charge in [0.2, 0.25) is 5.91 Å². The number of amides is 5. The van der Waals surface area contributed by atoms with Crippen molar-refractivity contribution in [3.05, 3.63) is 11.6 Å².